The molecule has 1 aliphatic rings. The van der Waals surface area contributed by atoms with E-state index >= 15 is 0 Å². The lowest BCUT2D eigenvalue weighted by molar-refractivity contribution is -0.137. The maximum atomic E-state index is 12.4. The zero-order chi connectivity index (χ0) is 22.0. The maximum Gasteiger partial charge on any atom is 0.341 e. The van der Waals surface area contributed by atoms with Gasteiger partial charge in [-0.15, -0.1) is 0 Å². The summed E-state index contributed by atoms with van der Waals surface area (Å²) in [6, 6.07) is 20.8. The fourth-order valence-corrected chi connectivity index (χ4v) is 9.05. The molecule has 0 radical (unpaired) electrons. The Bertz CT molecular complexity index is 905. The lowest BCUT2D eigenvalue weighted by Crippen LogP contribution is -2.67. The molecule has 0 spiro atoms. The second kappa shape index (κ2) is 8.32. The van der Waals surface area contributed by atoms with Crippen LogP contribution in [0.3, 0.4) is 0 Å². The number of ether oxygens (including phenoxy) is 1. The summed E-state index contributed by atoms with van der Waals surface area (Å²) in [6.07, 6.45) is 1.98. The van der Waals surface area contributed by atoms with Crippen LogP contribution in [0.15, 0.2) is 72.3 Å². The van der Waals surface area contributed by atoms with Crippen molar-refractivity contribution in [1.82, 2.24) is 0 Å². The minimum Gasteiger partial charge on any atom is -0.465 e. The van der Waals surface area contributed by atoms with Crippen LogP contribution in [0.1, 0.15) is 34.1 Å². The van der Waals surface area contributed by atoms with Crippen molar-refractivity contribution < 1.29 is 18.8 Å². The molecular formula is C25H30O4Si. The highest BCUT2D eigenvalue weighted by atomic mass is 28.4. The number of ketones is 1. The summed E-state index contributed by atoms with van der Waals surface area (Å²) < 4.78 is 11.7. The van der Waals surface area contributed by atoms with Crippen LogP contribution < -0.4 is 10.4 Å². The lowest BCUT2D eigenvalue weighted by Gasteiger charge is -2.44. The van der Waals surface area contributed by atoms with E-state index in [-0.39, 0.29) is 22.8 Å². The Labute approximate surface area is 180 Å². The number of carbonyl (C=O) groups excluding carboxylic acids is 2. The van der Waals surface area contributed by atoms with Crippen molar-refractivity contribution in [2.24, 2.45) is 5.41 Å². The molecule has 0 amide bonds. The third-order valence-electron chi connectivity index (χ3n) is 5.80. The molecule has 0 saturated heterocycles. The molecule has 0 bridgehead atoms. The van der Waals surface area contributed by atoms with E-state index in [0.29, 0.717) is 6.61 Å². The summed E-state index contributed by atoms with van der Waals surface area (Å²) in [5, 5.41) is 2.23. The van der Waals surface area contributed by atoms with E-state index in [9.17, 15) is 9.59 Å². The summed E-state index contributed by atoms with van der Waals surface area (Å²) in [6.45, 7) is 8.98. The van der Waals surface area contributed by atoms with E-state index in [1.807, 2.05) is 43.3 Å². The van der Waals surface area contributed by atoms with Gasteiger partial charge < -0.3 is 9.16 Å². The highest BCUT2D eigenvalue weighted by molar-refractivity contribution is 6.99. The summed E-state index contributed by atoms with van der Waals surface area (Å²) in [5.41, 5.74) is -0.417. The monoisotopic (exact) mass is 422 g/mol. The Morgan fingerprint density at radius 3 is 1.93 bits per heavy atom. The van der Waals surface area contributed by atoms with Crippen molar-refractivity contribution in [3.8, 4) is 0 Å². The fourth-order valence-electron chi connectivity index (χ4n) is 4.35. The van der Waals surface area contributed by atoms with Gasteiger partial charge in [0.15, 0.2) is 5.78 Å². The van der Waals surface area contributed by atoms with Crippen molar-refractivity contribution in [1.29, 1.82) is 0 Å². The number of esters is 1. The van der Waals surface area contributed by atoms with Crippen LogP contribution in [0.5, 0.6) is 0 Å². The molecule has 0 fully saturated rings. The van der Waals surface area contributed by atoms with Gasteiger partial charge in [0, 0.05) is 18.4 Å². The van der Waals surface area contributed by atoms with E-state index in [0.717, 1.165) is 0 Å². The highest BCUT2D eigenvalue weighted by Crippen LogP contribution is 2.40. The number of Topliss-reactive ketones (excluding diaryl/α,β-unsaturated/α-hetero) is 1. The quantitative estimate of drug-likeness (QED) is 0.405. The first-order chi connectivity index (χ1) is 14.1. The molecule has 30 heavy (non-hydrogen) atoms. The second-order valence-corrected chi connectivity index (χ2v) is 13.6. The molecule has 1 atom stereocenters. The van der Waals surface area contributed by atoms with Gasteiger partial charge >= 0.3 is 5.97 Å². The smallest absolute Gasteiger partial charge is 0.341 e. The minimum absolute atomic E-state index is 0.131. The van der Waals surface area contributed by atoms with Crippen molar-refractivity contribution >= 4 is 30.4 Å². The molecule has 5 heteroatoms. The van der Waals surface area contributed by atoms with Gasteiger partial charge in [-0.05, 0) is 15.4 Å². The van der Waals surface area contributed by atoms with Gasteiger partial charge in [-0.2, -0.15) is 0 Å². The first-order valence-corrected chi connectivity index (χ1v) is 12.1. The molecule has 0 heterocycles. The van der Waals surface area contributed by atoms with Crippen LogP contribution in [0.2, 0.25) is 5.04 Å². The van der Waals surface area contributed by atoms with Gasteiger partial charge in [0.2, 0.25) is 0 Å². The second-order valence-electron chi connectivity index (χ2n) is 9.26. The van der Waals surface area contributed by atoms with Crippen molar-refractivity contribution in [2.75, 3.05) is 13.7 Å². The molecule has 4 nitrogen and oxygen atoms in total. The fraction of sp³-hybridized carbons (Fsp3) is 0.360. The molecule has 2 aromatic rings. The summed E-state index contributed by atoms with van der Waals surface area (Å²) >= 11 is 0. The van der Waals surface area contributed by atoms with Crippen LogP contribution in [0.25, 0.3) is 0 Å². The standard InChI is InChI=1S/C25H30O4Si/c1-24(2,3)30(19-12-8-6-9-13-19,20-14-10-7-11-15-20)29-18-25(4)16-21(22(26)17-25)23(27)28-5/h6-16H,17-18H2,1-5H3/t25-/m1/s1. The van der Waals surface area contributed by atoms with Crippen LogP contribution in [0.4, 0.5) is 0 Å². The zero-order valence-corrected chi connectivity index (χ0v) is 19.4. The number of hydrogen-bond donors (Lipinski definition) is 0. The normalized spacial score (nSPS) is 19.5. The minimum atomic E-state index is -2.70. The summed E-state index contributed by atoms with van der Waals surface area (Å²) in [5.74, 6) is -0.760. The first kappa shape index (κ1) is 22.2. The average Bonchev–Trinajstić information content (AvgIpc) is 3.03. The number of rotatable bonds is 6. The number of carbonyl (C=O) groups is 2. The van der Waals surface area contributed by atoms with E-state index in [2.05, 4.69) is 45.0 Å². The van der Waals surface area contributed by atoms with E-state index < -0.39 is 19.7 Å². The van der Waals surface area contributed by atoms with Crippen molar-refractivity contribution in [3.63, 3.8) is 0 Å². The molecule has 0 aromatic heterocycles. The Hall–Kier alpha value is -2.50. The van der Waals surface area contributed by atoms with Gasteiger partial charge in [-0.1, -0.05) is 94.4 Å². The highest BCUT2D eigenvalue weighted by Gasteiger charge is 2.51. The third-order valence-corrected chi connectivity index (χ3v) is 10.8. The first-order valence-electron chi connectivity index (χ1n) is 10.2. The molecule has 158 valence electrons. The Morgan fingerprint density at radius 2 is 1.50 bits per heavy atom. The van der Waals surface area contributed by atoms with Gasteiger partial charge in [-0.25, -0.2) is 4.79 Å². The maximum absolute atomic E-state index is 12.4. The van der Waals surface area contributed by atoms with Crippen LogP contribution in [0, 0.1) is 5.41 Å². The Kier molecular flexibility index (Phi) is 6.15. The molecule has 0 saturated carbocycles. The van der Waals surface area contributed by atoms with Crippen LogP contribution in [-0.2, 0) is 18.8 Å². The van der Waals surface area contributed by atoms with E-state index in [1.165, 1.54) is 17.5 Å². The van der Waals surface area contributed by atoms with Gasteiger partial charge in [0.05, 0.1) is 12.7 Å². The average molecular weight is 423 g/mol. The Morgan fingerprint density at radius 1 is 1.00 bits per heavy atom. The van der Waals surface area contributed by atoms with Crippen LogP contribution in [-0.4, -0.2) is 33.8 Å². The molecule has 0 unspecified atom stereocenters. The van der Waals surface area contributed by atoms with Crippen molar-refractivity contribution in [3.05, 3.63) is 72.3 Å². The van der Waals surface area contributed by atoms with E-state index in [4.69, 9.17) is 9.16 Å². The molecule has 2 aromatic carbocycles. The summed E-state index contributed by atoms with van der Waals surface area (Å²) in [7, 11) is -1.40. The summed E-state index contributed by atoms with van der Waals surface area (Å²) in [4.78, 5) is 24.4. The van der Waals surface area contributed by atoms with Gasteiger partial charge in [-0.3, -0.25) is 4.79 Å². The molecule has 0 N–H and O–H groups in total. The zero-order valence-electron chi connectivity index (χ0n) is 18.4. The van der Waals surface area contributed by atoms with Gasteiger partial charge in [0.25, 0.3) is 8.32 Å². The number of methoxy groups -OCH3 is 1. The predicted molar refractivity (Wildman–Crippen MR) is 121 cm³/mol. The van der Waals surface area contributed by atoms with Crippen LogP contribution >= 0.6 is 0 Å². The molecule has 1 aliphatic carbocycles. The third kappa shape index (κ3) is 4.05. The van der Waals surface area contributed by atoms with E-state index in [1.54, 1.807) is 6.08 Å². The molecular weight excluding hydrogens is 392 g/mol. The topological polar surface area (TPSA) is 52.6 Å². The lowest BCUT2D eigenvalue weighted by atomic mass is 9.92. The van der Waals surface area contributed by atoms with Gasteiger partial charge in [0.1, 0.15) is 0 Å². The number of hydrogen-bond acceptors (Lipinski definition) is 4. The number of benzene rings is 2. The van der Waals surface area contributed by atoms with Crippen molar-refractivity contribution in [2.45, 2.75) is 39.2 Å². The molecule has 3 rings (SSSR count). The Balaban J connectivity index is 2.06. The predicted octanol–water partition coefficient (Wildman–Crippen LogP) is 3.64. The largest absolute Gasteiger partial charge is 0.465 e. The molecule has 0 aliphatic heterocycles. The SMILES string of the molecule is COC(=O)C1=C[C@@](C)(CO[Si](c2ccccc2)(c2ccccc2)C(C)(C)C)CC1=O.